The Morgan fingerprint density at radius 1 is 1.21 bits per heavy atom. The summed E-state index contributed by atoms with van der Waals surface area (Å²) in [4.78, 5) is 35.0. The van der Waals surface area contributed by atoms with Crippen molar-refractivity contribution in [2.75, 3.05) is 13.3 Å². The fourth-order valence-corrected chi connectivity index (χ4v) is 2.24. The van der Waals surface area contributed by atoms with Crippen molar-refractivity contribution in [1.82, 2.24) is 10.6 Å². The Labute approximate surface area is 139 Å². The van der Waals surface area contributed by atoms with Gasteiger partial charge in [0.2, 0.25) is 12.7 Å². The van der Waals surface area contributed by atoms with Crippen molar-refractivity contribution in [3.63, 3.8) is 0 Å². The first kappa shape index (κ1) is 17.6. The Hall–Kier alpha value is -2.77. The summed E-state index contributed by atoms with van der Waals surface area (Å²) in [5, 5.41) is 13.9. The molecule has 3 N–H and O–H groups in total. The minimum Gasteiger partial charge on any atom is -0.480 e. The summed E-state index contributed by atoms with van der Waals surface area (Å²) in [7, 11) is 0. The number of nitrogens with one attached hydrogen (secondary N) is 2. The molecule has 8 heteroatoms. The van der Waals surface area contributed by atoms with E-state index >= 15 is 0 Å². The van der Waals surface area contributed by atoms with E-state index in [9.17, 15) is 14.4 Å². The highest BCUT2D eigenvalue weighted by Gasteiger charge is 2.21. The van der Waals surface area contributed by atoms with Crippen molar-refractivity contribution in [3.8, 4) is 11.5 Å². The number of ether oxygens (including phenoxy) is 2. The number of aliphatic carboxylic acids is 1. The summed E-state index contributed by atoms with van der Waals surface area (Å²) < 4.78 is 10.3. The van der Waals surface area contributed by atoms with Crippen LogP contribution >= 0.6 is 0 Å². The molecule has 0 fully saturated rings. The third-order valence-electron chi connectivity index (χ3n) is 3.38. The van der Waals surface area contributed by atoms with Crippen molar-refractivity contribution in [3.05, 3.63) is 23.8 Å². The van der Waals surface area contributed by atoms with Crippen LogP contribution in [0.4, 0.5) is 0 Å². The molecule has 1 unspecified atom stereocenters. The number of carbonyl (C=O) groups is 3. The first-order valence-electron chi connectivity index (χ1n) is 7.57. The molecule has 0 spiro atoms. The zero-order valence-corrected chi connectivity index (χ0v) is 13.5. The summed E-state index contributed by atoms with van der Waals surface area (Å²) in [6.07, 6.45) is 0.317. The van der Waals surface area contributed by atoms with Gasteiger partial charge in [-0.25, -0.2) is 4.79 Å². The number of carbonyl (C=O) groups excluding carboxylic acids is 2. The number of fused-ring (bicyclic) bond motifs is 1. The lowest BCUT2D eigenvalue weighted by Gasteiger charge is -2.16. The standard InChI is InChI=1S/C16H20N2O6/c1-9(2)5-11(16(21)22)18-14(19)7-17-15(20)10-3-4-12-13(6-10)24-8-23-12/h3-4,6,9,11H,5,7-8H2,1-2H3,(H,17,20)(H,18,19)(H,21,22). The Balaban J connectivity index is 1.86. The minimum absolute atomic E-state index is 0.106. The molecule has 1 aromatic rings. The molecule has 1 atom stereocenters. The van der Waals surface area contributed by atoms with Crippen molar-refractivity contribution in [1.29, 1.82) is 0 Å². The lowest BCUT2D eigenvalue weighted by molar-refractivity contribution is -0.142. The van der Waals surface area contributed by atoms with Crippen molar-refractivity contribution in [2.45, 2.75) is 26.3 Å². The SMILES string of the molecule is CC(C)CC(NC(=O)CNC(=O)c1ccc2c(c1)OCO2)C(=O)O. The maximum Gasteiger partial charge on any atom is 0.326 e. The van der Waals surface area contributed by atoms with Gasteiger partial charge in [-0.15, -0.1) is 0 Å². The first-order chi connectivity index (χ1) is 11.4. The van der Waals surface area contributed by atoms with Crippen LogP contribution in [0.1, 0.15) is 30.6 Å². The van der Waals surface area contributed by atoms with Gasteiger partial charge < -0.3 is 25.2 Å². The average Bonchev–Trinajstić information content (AvgIpc) is 2.98. The van der Waals surface area contributed by atoms with Crippen LogP contribution in [-0.4, -0.2) is 42.3 Å². The van der Waals surface area contributed by atoms with Gasteiger partial charge >= 0.3 is 5.97 Å². The second-order valence-electron chi connectivity index (χ2n) is 5.84. The highest BCUT2D eigenvalue weighted by molar-refractivity contribution is 5.97. The molecule has 130 valence electrons. The number of rotatable bonds is 7. The zero-order chi connectivity index (χ0) is 17.7. The second-order valence-corrected chi connectivity index (χ2v) is 5.84. The molecule has 0 aliphatic carbocycles. The smallest absolute Gasteiger partial charge is 0.326 e. The molecule has 1 aromatic carbocycles. The molecule has 0 radical (unpaired) electrons. The van der Waals surface area contributed by atoms with E-state index in [1.54, 1.807) is 12.1 Å². The van der Waals surface area contributed by atoms with Gasteiger partial charge in [-0.05, 0) is 30.5 Å². The summed E-state index contributed by atoms with van der Waals surface area (Å²) in [5.41, 5.74) is 0.323. The minimum atomic E-state index is -1.10. The fraction of sp³-hybridized carbons (Fsp3) is 0.438. The van der Waals surface area contributed by atoms with E-state index in [0.717, 1.165) is 0 Å². The van der Waals surface area contributed by atoms with E-state index in [4.69, 9.17) is 14.6 Å². The van der Waals surface area contributed by atoms with Crippen molar-refractivity contribution < 1.29 is 29.0 Å². The normalized spacial score (nSPS) is 13.5. The molecular weight excluding hydrogens is 316 g/mol. The number of amides is 2. The lowest BCUT2D eigenvalue weighted by Crippen LogP contribution is -2.46. The van der Waals surface area contributed by atoms with Gasteiger partial charge in [0.05, 0.1) is 6.54 Å². The van der Waals surface area contributed by atoms with Gasteiger partial charge in [-0.2, -0.15) is 0 Å². The second kappa shape index (κ2) is 7.67. The van der Waals surface area contributed by atoms with Crippen LogP contribution in [0.3, 0.4) is 0 Å². The Kier molecular flexibility index (Phi) is 5.62. The molecule has 0 saturated heterocycles. The van der Waals surface area contributed by atoms with Crippen LogP contribution in [0, 0.1) is 5.92 Å². The van der Waals surface area contributed by atoms with Gasteiger partial charge in [0, 0.05) is 5.56 Å². The highest BCUT2D eigenvalue weighted by atomic mass is 16.7. The Morgan fingerprint density at radius 2 is 1.92 bits per heavy atom. The van der Waals surface area contributed by atoms with E-state index in [1.807, 2.05) is 13.8 Å². The maximum absolute atomic E-state index is 12.0. The van der Waals surface area contributed by atoms with Crippen LogP contribution in [0.5, 0.6) is 11.5 Å². The van der Waals surface area contributed by atoms with E-state index in [1.165, 1.54) is 6.07 Å². The van der Waals surface area contributed by atoms with E-state index in [-0.39, 0.29) is 19.3 Å². The van der Waals surface area contributed by atoms with Crippen LogP contribution in [0.2, 0.25) is 0 Å². The number of carboxylic acid groups (broad SMARTS) is 1. The number of carboxylic acids is 1. The molecule has 8 nitrogen and oxygen atoms in total. The highest BCUT2D eigenvalue weighted by Crippen LogP contribution is 2.32. The fourth-order valence-electron chi connectivity index (χ4n) is 2.24. The first-order valence-corrected chi connectivity index (χ1v) is 7.57. The molecule has 0 aromatic heterocycles. The molecule has 0 saturated carbocycles. The summed E-state index contributed by atoms with van der Waals surface area (Å²) in [6.45, 7) is 3.53. The van der Waals surface area contributed by atoms with Gasteiger partial charge in [0.15, 0.2) is 11.5 Å². The molecule has 0 bridgehead atoms. The third kappa shape index (κ3) is 4.61. The van der Waals surface area contributed by atoms with Crippen LogP contribution in [0.15, 0.2) is 18.2 Å². The van der Waals surface area contributed by atoms with Gasteiger partial charge in [-0.1, -0.05) is 13.8 Å². The Bertz CT molecular complexity index is 643. The van der Waals surface area contributed by atoms with Gasteiger partial charge in [-0.3, -0.25) is 9.59 Å². The topological polar surface area (TPSA) is 114 Å². The monoisotopic (exact) mass is 336 g/mol. The van der Waals surface area contributed by atoms with Gasteiger partial charge in [0.25, 0.3) is 5.91 Å². The maximum atomic E-state index is 12.0. The number of hydrogen-bond donors (Lipinski definition) is 3. The average molecular weight is 336 g/mol. The predicted octanol–water partition coefficient (Wildman–Crippen LogP) is 0.761. The molecule has 2 amide bonds. The quantitative estimate of drug-likeness (QED) is 0.677. The van der Waals surface area contributed by atoms with Crippen LogP contribution in [-0.2, 0) is 9.59 Å². The number of benzene rings is 1. The summed E-state index contributed by atoms with van der Waals surface area (Å²) in [6, 6.07) is 3.72. The third-order valence-corrected chi connectivity index (χ3v) is 3.38. The Morgan fingerprint density at radius 3 is 2.58 bits per heavy atom. The molecule has 2 rings (SSSR count). The largest absolute Gasteiger partial charge is 0.480 e. The molecule has 24 heavy (non-hydrogen) atoms. The lowest BCUT2D eigenvalue weighted by atomic mass is 10.0. The summed E-state index contributed by atoms with van der Waals surface area (Å²) >= 11 is 0. The van der Waals surface area contributed by atoms with E-state index in [0.29, 0.717) is 23.5 Å². The van der Waals surface area contributed by atoms with Crippen LogP contribution in [0.25, 0.3) is 0 Å². The molecular formula is C16H20N2O6. The number of hydrogen-bond acceptors (Lipinski definition) is 5. The summed E-state index contributed by atoms with van der Waals surface area (Å²) in [5.74, 6) is -0.970. The van der Waals surface area contributed by atoms with Crippen molar-refractivity contribution >= 4 is 17.8 Å². The molecule has 1 heterocycles. The predicted molar refractivity (Wildman–Crippen MR) is 83.9 cm³/mol. The van der Waals surface area contributed by atoms with E-state index in [2.05, 4.69) is 10.6 Å². The zero-order valence-electron chi connectivity index (χ0n) is 13.5. The van der Waals surface area contributed by atoms with E-state index < -0.39 is 23.8 Å². The van der Waals surface area contributed by atoms with Gasteiger partial charge in [0.1, 0.15) is 6.04 Å². The van der Waals surface area contributed by atoms with Crippen LogP contribution < -0.4 is 20.1 Å². The molecule has 1 aliphatic heterocycles. The molecule has 1 aliphatic rings. The van der Waals surface area contributed by atoms with Crippen molar-refractivity contribution in [2.24, 2.45) is 5.92 Å².